The molecular weight excluding hydrogens is 467 g/mol. The Kier molecular flexibility index (Phi) is 12.0. The zero-order chi connectivity index (χ0) is 19.3. The van der Waals surface area contributed by atoms with Crippen molar-refractivity contribution in [3.63, 3.8) is 0 Å². The van der Waals surface area contributed by atoms with E-state index in [4.69, 9.17) is 4.74 Å². The lowest BCUT2D eigenvalue weighted by Gasteiger charge is -2.12. The van der Waals surface area contributed by atoms with Crippen LogP contribution in [0.5, 0.6) is 5.75 Å². The molecule has 0 unspecified atom stereocenters. The standard InChI is InChI=1S/C21H30N4O2.HI/c1-3-22-21(24-14-17-27-19-11-9-18(2)10-12-19)23-13-5-7-16-25-15-6-4-8-20(25)26;/h4,6,8-12,15H,3,5,7,13-14,16-17H2,1-2H3,(H2,22,23,24);1H. The highest BCUT2D eigenvalue weighted by molar-refractivity contribution is 14.0. The molecule has 1 heterocycles. The van der Waals surface area contributed by atoms with Gasteiger partial charge in [0.15, 0.2) is 5.96 Å². The fraction of sp³-hybridized carbons (Fsp3) is 0.429. The maximum Gasteiger partial charge on any atom is 0.250 e. The van der Waals surface area contributed by atoms with Crippen LogP contribution in [0, 0.1) is 6.92 Å². The number of aliphatic imine (C=N–C) groups is 1. The van der Waals surface area contributed by atoms with Crippen LogP contribution in [0.25, 0.3) is 0 Å². The number of halogens is 1. The number of unbranched alkanes of at least 4 members (excludes halogenated alkanes) is 1. The number of aromatic nitrogens is 1. The van der Waals surface area contributed by atoms with Crippen LogP contribution < -0.4 is 20.9 Å². The Labute approximate surface area is 184 Å². The summed E-state index contributed by atoms with van der Waals surface area (Å²) in [7, 11) is 0. The van der Waals surface area contributed by atoms with Gasteiger partial charge >= 0.3 is 0 Å². The Morgan fingerprint density at radius 3 is 2.61 bits per heavy atom. The Balaban J connectivity index is 0.00000392. The Hall–Kier alpha value is -2.03. The second kappa shape index (κ2) is 14.0. The van der Waals surface area contributed by atoms with Gasteiger partial charge in [-0.3, -0.25) is 9.79 Å². The Bertz CT molecular complexity index is 760. The fourth-order valence-electron chi connectivity index (χ4n) is 2.54. The van der Waals surface area contributed by atoms with Gasteiger partial charge in [0.2, 0.25) is 5.56 Å². The lowest BCUT2D eigenvalue weighted by atomic mass is 10.2. The molecule has 0 saturated heterocycles. The number of nitrogens with zero attached hydrogens (tertiary/aromatic N) is 2. The van der Waals surface area contributed by atoms with E-state index in [0.717, 1.165) is 44.2 Å². The SMILES string of the molecule is CCNC(=NCCCCn1ccccc1=O)NCCOc1ccc(C)cc1.I. The van der Waals surface area contributed by atoms with Gasteiger partial charge in [0.25, 0.3) is 0 Å². The van der Waals surface area contributed by atoms with E-state index in [-0.39, 0.29) is 29.5 Å². The smallest absolute Gasteiger partial charge is 0.250 e. The summed E-state index contributed by atoms with van der Waals surface area (Å²) in [4.78, 5) is 16.2. The highest BCUT2D eigenvalue weighted by Crippen LogP contribution is 2.10. The molecule has 0 bridgehead atoms. The maximum absolute atomic E-state index is 11.6. The molecule has 1 aromatic heterocycles. The average molecular weight is 498 g/mol. The zero-order valence-electron chi connectivity index (χ0n) is 16.7. The molecule has 0 aliphatic heterocycles. The van der Waals surface area contributed by atoms with E-state index >= 15 is 0 Å². The Morgan fingerprint density at radius 2 is 1.89 bits per heavy atom. The van der Waals surface area contributed by atoms with Crippen LogP contribution in [0.15, 0.2) is 58.4 Å². The van der Waals surface area contributed by atoms with E-state index in [1.54, 1.807) is 16.7 Å². The van der Waals surface area contributed by atoms with Crippen molar-refractivity contribution in [1.29, 1.82) is 0 Å². The third-order valence-electron chi connectivity index (χ3n) is 4.00. The van der Waals surface area contributed by atoms with Crippen molar-refractivity contribution in [3.8, 4) is 5.75 Å². The largest absolute Gasteiger partial charge is 0.492 e. The second-order valence-corrected chi connectivity index (χ2v) is 6.29. The van der Waals surface area contributed by atoms with Crippen LogP contribution in [0.1, 0.15) is 25.3 Å². The van der Waals surface area contributed by atoms with Crippen molar-refractivity contribution in [3.05, 3.63) is 64.6 Å². The van der Waals surface area contributed by atoms with Crippen LogP contribution in [0.4, 0.5) is 0 Å². The predicted octanol–water partition coefficient (Wildman–Crippen LogP) is 3.19. The summed E-state index contributed by atoms with van der Waals surface area (Å²) in [5.41, 5.74) is 1.27. The monoisotopic (exact) mass is 498 g/mol. The molecule has 7 heteroatoms. The molecule has 154 valence electrons. The summed E-state index contributed by atoms with van der Waals surface area (Å²) in [6.07, 6.45) is 3.67. The van der Waals surface area contributed by atoms with Gasteiger partial charge in [-0.2, -0.15) is 0 Å². The average Bonchev–Trinajstić information content (AvgIpc) is 2.67. The third-order valence-corrected chi connectivity index (χ3v) is 4.00. The number of hydrogen-bond acceptors (Lipinski definition) is 3. The third kappa shape index (κ3) is 9.25. The lowest BCUT2D eigenvalue weighted by molar-refractivity contribution is 0.322. The number of rotatable bonds is 10. The molecule has 0 aliphatic carbocycles. The topological polar surface area (TPSA) is 67.7 Å². The molecule has 0 fully saturated rings. The molecule has 1 aromatic carbocycles. The second-order valence-electron chi connectivity index (χ2n) is 6.29. The van der Waals surface area contributed by atoms with Crippen molar-refractivity contribution in [2.24, 2.45) is 4.99 Å². The van der Waals surface area contributed by atoms with Gasteiger partial charge in [-0.25, -0.2) is 0 Å². The number of benzene rings is 1. The van der Waals surface area contributed by atoms with Gasteiger partial charge in [0, 0.05) is 31.9 Å². The molecular formula is C21H31IN4O2. The molecule has 0 spiro atoms. The summed E-state index contributed by atoms with van der Waals surface area (Å²) >= 11 is 0. The summed E-state index contributed by atoms with van der Waals surface area (Å²) in [5.74, 6) is 1.67. The van der Waals surface area contributed by atoms with Crippen LogP contribution in [-0.2, 0) is 6.54 Å². The fourth-order valence-corrected chi connectivity index (χ4v) is 2.54. The van der Waals surface area contributed by atoms with Gasteiger partial charge in [0.1, 0.15) is 12.4 Å². The molecule has 2 rings (SSSR count). The van der Waals surface area contributed by atoms with E-state index in [9.17, 15) is 4.79 Å². The molecule has 0 radical (unpaired) electrons. The van der Waals surface area contributed by atoms with Gasteiger partial charge in [-0.1, -0.05) is 23.8 Å². The number of guanidine groups is 1. The molecule has 0 saturated carbocycles. The molecule has 0 amide bonds. The molecule has 28 heavy (non-hydrogen) atoms. The first kappa shape index (κ1) is 24.0. The van der Waals surface area contributed by atoms with Crippen LogP contribution in [-0.4, -0.2) is 36.8 Å². The number of ether oxygens (including phenoxy) is 1. The number of nitrogens with one attached hydrogen (secondary N) is 2. The highest BCUT2D eigenvalue weighted by Gasteiger charge is 1.98. The molecule has 2 N–H and O–H groups in total. The van der Waals surface area contributed by atoms with Gasteiger partial charge in [-0.15, -0.1) is 24.0 Å². The summed E-state index contributed by atoms with van der Waals surface area (Å²) in [6.45, 7) is 7.61. The number of hydrogen-bond donors (Lipinski definition) is 2. The van der Waals surface area contributed by atoms with Crippen molar-refractivity contribution >= 4 is 29.9 Å². The first-order chi connectivity index (χ1) is 13.2. The molecule has 0 atom stereocenters. The van der Waals surface area contributed by atoms with Gasteiger partial charge < -0.3 is 19.9 Å². The van der Waals surface area contributed by atoms with Crippen LogP contribution in [0.3, 0.4) is 0 Å². The summed E-state index contributed by atoms with van der Waals surface area (Å²) in [5, 5.41) is 6.51. The molecule has 6 nitrogen and oxygen atoms in total. The highest BCUT2D eigenvalue weighted by atomic mass is 127. The number of pyridine rings is 1. The van der Waals surface area contributed by atoms with Gasteiger partial charge in [-0.05, 0) is 44.9 Å². The molecule has 2 aromatic rings. The Morgan fingerprint density at radius 1 is 1.11 bits per heavy atom. The zero-order valence-corrected chi connectivity index (χ0v) is 19.0. The summed E-state index contributed by atoms with van der Waals surface area (Å²) < 4.78 is 7.45. The van der Waals surface area contributed by atoms with E-state index in [2.05, 4.69) is 22.5 Å². The summed E-state index contributed by atoms with van der Waals surface area (Å²) in [6, 6.07) is 13.3. The van der Waals surface area contributed by atoms with E-state index in [1.165, 1.54) is 5.56 Å². The number of aryl methyl sites for hydroxylation is 2. The lowest BCUT2D eigenvalue weighted by Crippen LogP contribution is -2.39. The quantitative estimate of drug-likeness (QED) is 0.229. The van der Waals surface area contributed by atoms with Crippen molar-refractivity contribution in [2.75, 3.05) is 26.2 Å². The minimum absolute atomic E-state index is 0. The first-order valence-electron chi connectivity index (χ1n) is 9.56. The van der Waals surface area contributed by atoms with E-state index in [1.807, 2.05) is 43.5 Å². The van der Waals surface area contributed by atoms with E-state index < -0.39 is 0 Å². The normalized spacial score (nSPS) is 10.9. The molecule has 0 aliphatic rings. The van der Waals surface area contributed by atoms with Crippen molar-refractivity contribution < 1.29 is 4.74 Å². The van der Waals surface area contributed by atoms with Crippen molar-refractivity contribution in [1.82, 2.24) is 15.2 Å². The predicted molar refractivity (Wildman–Crippen MR) is 126 cm³/mol. The minimum Gasteiger partial charge on any atom is -0.492 e. The van der Waals surface area contributed by atoms with Crippen LogP contribution in [0.2, 0.25) is 0 Å². The minimum atomic E-state index is 0. The van der Waals surface area contributed by atoms with E-state index in [0.29, 0.717) is 13.2 Å². The first-order valence-corrected chi connectivity index (χ1v) is 9.56. The van der Waals surface area contributed by atoms with Crippen molar-refractivity contribution in [2.45, 2.75) is 33.2 Å². The van der Waals surface area contributed by atoms with Crippen LogP contribution >= 0.6 is 24.0 Å². The van der Waals surface area contributed by atoms with Gasteiger partial charge in [0.05, 0.1) is 6.54 Å². The maximum atomic E-state index is 11.6.